The molecule has 1 saturated carbocycles. The van der Waals surface area contributed by atoms with Crippen molar-refractivity contribution in [3.8, 4) is 5.69 Å². The van der Waals surface area contributed by atoms with Gasteiger partial charge in [0.05, 0.1) is 5.69 Å². The fourth-order valence-corrected chi connectivity index (χ4v) is 4.07. The smallest absolute Gasteiger partial charge is 0.354 e. The number of hydrogen-bond acceptors (Lipinski definition) is 5. The van der Waals surface area contributed by atoms with Crippen molar-refractivity contribution in [1.82, 2.24) is 14.5 Å². The first-order chi connectivity index (χ1) is 11.7. The highest BCUT2D eigenvalue weighted by Gasteiger charge is 2.51. The summed E-state index contributed by atoms with van der Waals surface area (Å²) in [5.41, 5.74) is 13.1. The molecule has 2 heterocycles. The highest BCUT2D eigenvalue weighted by atomic mass is 16.1. The second-order valence-electron chi connectivity index (χ2n) is 6.92. The van der Waals surface area contributed by atoms with Gasteiger partial charge in [-0.2, -0.15) is 4.98 Å². The third kappa shape index (κ3) is 2.83. The number of aromatic nitrogens is 2. The van der Waals surface area contributed by atoms with E-state index in [1.807, 2.05) is 12.1 Å². The Labute approximate surface area is 141 Å². The molecule has 24 heavy (non-hydrogen) atoms. The van der Waals surface area contributed by atoms with E-state index in [-0.39, 0.29) is 11.5 Å². The molecule has 6 nitrogen and oxygen atoms in total. The van der Waals surface area contributed by atoms with E-state index in [1.54, 1.807) is 12.3 Å². The predicted molar refractivity (Wildman–Crippen MR) is 93.7 cm³/mol. The van der Waals surface area contributed by atoms with Gasteiger partial charge in [0, 0.05) is 19.3 Å². The minimum atomic E-state index is -0.355. The molecular weight excluding hydrogens is 302 g/mol. The fraction of sp³-hybridized carbons (Fsp3) is 0.444. The number of fused-ring (bicyclic) bond motifs is 1. The zero-order valence-corrected chi connectivity index (χ0v) is 13.6. The Morgan fingerprint density at radius 3 is 2.67 bits per heavy atom. The molecule has 0 radical (unpaired) electrons. The van der Waals surface area contributed by atoms with Gasteiger partial charge in [0.25, 0.3) is 0 Å². The third-order valence-electron chi connectivity index (χ3n) is 5.47. The topological polar surface area (TPSA) is 90.2 Å². The molecule has 3 atom stereocenters. The van der Waals surface area contributed by atoms with Gasteiger partial charge in [0.2, 0.25) is 0 Å². The van der Waals surface area contributed by atoms with E-state index >= 15 is 0 Å². The van der Waals surface area contributed by atoms with Crippen LogP contribution in [-0.2, 0) is 6.54 Å². The largest absolute Gasteiger partial charge is 0.383 e. The average molecular weight is 325 g/mol. The number of rotatable bonds is 4. The van der Waals surface area contributed by atoms with Crippen LogP contribution in [0.4, 0.5) is 5.82 Å². The monoisotopic (exact) mass is 325 g/mol. The second-order valence-corrected chi connectivity index (χ2v) is 6.92. The number of nitrogens with two attached hydrogens (primary N) is 2. The van der Waals surface area contributed by atoms with E-state index < -0.39 is 0 Å². The van der Waals surface area contributed by atoms with Crippen molar-refractivity contribution in [2.45, 2.75) is 13.0 Å². The number of likely N-dealkylation sites (tertiary alicyclic amines) is 1. The van der Waals surface area contributed by atoms with Crippen LogP contribution in [0.1, 0.15) is 12.0 Å². The Hall–Kier alpha value is -2.18. The number of nitrogens with zero attached hydrogens (tertiary/aromatic N) is 3. The molecule has 126 valence electrons. The van der Waals surface area contributed by atoms with Crippen molar-refractivity contribution in [2.75, 3.05) is 25.4 Å². The summed E-state index contributed by atoms with van der Waals surface area (Å²) in [6.45, 7) is 4.11. The normalized spacial score (nSPS) is 26.1. The van der Waals surface area contributed by atoms with Crippen LogP contribution in [0.2, 0.25) is 0 Å². The highest BCUT2D eigenvalue weighted by Crippen LogP contribution is 2.50. The predicted octanol–water partition coefficient (Wildman–Crippen LogP) is 0.841. The molecule has 2 aliphatic rings. The van der Waals surface area contributed by atoms with Crippen LogP contribution in [0.15, 0.2) is 41.3 Å². The van der Waals surface area contributed by atoms with E-state index in [2.05, 4.69) is 22.0 Å². The molecule has 1 aliphatic carbocycles. The molecule has 1 aliphatic heterocycles. The van der Waals surface area contributed by atoms with E-state index in [9.17, 15) is 4.79 Å². The van der Waals surface area contributed by atoms with Crippen LogP contribution >= 0.6 is 0 Å². The standard InChI is InChI=1S/C18H23N5O/c19-9-15-14-5-7-22(11-16(14)15)10-12-1-3-13(4-2-12)23-8-6-17(20)21-18(23)24/h1-4,6,8,14-16H,5,7,9-11,19H2,(H2,20,21,24)/t14-,15-,16-/m1/s1. The molecule has 0 bridgehead atoms. The van der Waals surface area contributed by atoms with Gasteiger partial charge in [-0.05, 0) is 61.0 Å². The molecular formula is C18H23N5O. The lowest BCUT2D eigenvalue weighted by Gasteiger charge is -2.26. The summed E-state index contributed by atoms with van der Waals surface area (Å²) in [5.74, 6) is 2.68. The van der Waals surface area contributed by atoms with Crippen molar-refractivity contribution in [3.05, 3.63) is 52.6 Å². The van der Waals surface area contributed by atoms with Crippen molar-refractivity contribution in [1.29, 1.82) is 0 Å². The third-order valence-corrected chi connectivity index (χ3v) is 5.47. The Morgan fingerprint density at radius 1 is 1.17 bits per heavy atom. The van der Waals surface area contributed by atoms with Gasteiger partial charge >= 0.3 is 5.69 Å². The molecule has 0 spiro atoms. The zero-order valence-electron chi connectivity index (χ0n) is 13.6. The van der Waals surface area contributed by atoms with Crippen LogP contribution in [0.3, 0.4) is 0 Å². The lowest BCUT2D eigenvalue weighted by atomic mass is 10.1. The molecule has 0 amide bonds. The van der Waals surface area contributed by atoms with E-state index in [0.29, 0.717) is 0 Å². The number of anilines is 1. The number of hydrogen-bond donors (Lipinski definition) is 2. The van der Waals surface area contributed by atoms with Gasteiger partial charge in [0.1, 0.15) is 5.82 Å². The first-order valence-electron chi connectivity index (χ1n) is 8.52. The lowest BCUT2D eigenvalue weighted by molar-refractivity contribution is 0.211. The van der Waals surface area contributed by atoms with Gasteiger partial charge in [-0.3, -0.25) is 9.47 Å². The Balaban J connectivity index is 1.44. The number of piperidine rings is 1. The minimum absolute atomic E-state index is 0.243. The average Bonchev–Trinajstić information content (AvgIpc) is 3.28. The van der Waals surface area contributed by atoms with Crippen LogP contribution in [0.25, 0.3) is 5.69 Å². The van der Waals surface area contributed by atoms with E-state index in [4.69, 9.17) is 11.5 Å². The van der Waals surface area contributed by atoms with Crippen LogP contribution < -0.4 is 17.2 Å². The summed E-state index contributed by atoms with van der Waals surface area (Å²) < 4.78 is 1.50. The lowest BCUT2D eigenvalue weighted by Crippen LogP contribution is -2.30. The quantitative estimate of drug-likeness (QED) is 0.869. The van der Waals surface area contributed by atoms with Crippen molar-refractivity contribution < 1.29 is 0 Å². The molecule has 4 N–H and O–H groups in total. The summed E-state index contributed by atoms with van der Waals surface area (Å²) in [5, 5.41) is 0. The van der Waals surface area contributed by atoms with Crippen LogP contribution in [0.5, 0.6) is 0 Å². The van der Waals surface area contributed by atoms with Gasteiger partial charge in [-0.15, -0.1) is 0 Å². The SMILES string of the molecule is NC[C@@H]1[C@H]2CCN(Cc3ccc(-n4ccc(N)nc4=O)cc3)C[C@@H]12. The molecule has 2 fully saturated rings. The maximum Gasteiger partial charge on any atom is 0.354 e. The van der Waals surface area contributed by atoms with Crippen LogP contribution in [0, 0.1) is 17.8 Å². The number of nitrogen functional groups attached to an aromatic ring is 1. The van der Waals surface area contributed by atoms with Crippen molar-refractivity contribution in [3.63, 3.8) is 0 Å². The molecule has 0 unspecified atom stereocenters. The molecule has 1 saturated heterocycles. The maximum atomic E-state index is 11.9. The Kier molecular flexibility index (Phi) is 3.86. The van der Waals surface area contributed by atoms with Gasteiger partial charge in [-0.1, -0.05) is 12.1 Å². The van der Waals surface area contributed by atoms with E-state index in [0.717, 1.165) is 49.6 Å². The van der Waals surface area contributed by atoms with Crippen molar-refractivity contribution >= 4 is 5.82 Å². The zero-order chi connectivity index (χ0) is 16.7. The van der Waals surface area contributed by atoms with E-state index in [1.165, 1.54) is 16.6 Å². The summed E-state index contributed by atoms with van der Waals surface area (Å²) >= 11 is 0. The highest BCUT2D eigenvalue weighted by molar-refractivity contribution is 5.36. The van der Waals surface area contributed by atoms with Crippen molar-refractivity contribution in [2.24, 2.45) is 23.5 Å². The fourth-order valence-electron chi connectivity index (χ4n) is 4.07. The second kappa shape index (κ2) is 6.03. The molecule has 2 aromatic rings. The molecule has 1 aromatic carbocycles. The minimum Gasteiger partial charge on any atom is -0.383 e. The summed E-state index contributed by atoms with van der Waals surface area (Å²) in [6.07, 6.45) is 2.93. The Bertz CT molecular complexity index is 781. The first kappa shape index (κ1) is 15.4. The summed E-state index contributed by atoms with van der Waals surface area (Å²) in [4.78, 5) is 18.2. The summed E-state index contributed by atoms with van der Waals surface area (Å²) in [6, 6.07) is 9.71. The maximum absolute atomic E-state index is 11.9. The molecule has 6 heteroatoms. The Morgan fingerprint density at radius 2 is 1.96 bits per heavy atom. The molecule has 1 aromatic heterocycles. The molecule has 4 rings (SSSR count). The van der Waals surface area contributed by atoms with Gasteiger partial charge in [0.15, 0.2) is 0 Å². The summed E-state index contributed by atoms with van der Waals surface area (Å²) in [7, 11) is 0. The van der Waals surface area contributed by atoms with Gasteiger partial charge < -0.3 is 11.5 Å². The van der Waals surface area contributed by atoms with Crippen LogP contribution in [-0.4, -0.2) is 34.1 Å². The van der Waals surface area contributed by atoms with Gasteiger partial charge in [-0.25, -0.2) is 4.79 Å². The number of benzene rings is 1. The first-order valence-corrected chi connectivity index (χ1v) is 8.52.